The van der Waals surface area contributed by atoms with Crippen molar-refractivity contribution in [2.75, 3.05) is 6.54 Å². The normalized spacial score (nSPS) is 18.9. The van der Waals surface area contributed by atoms with Gasteiger partial charge < -0.3 is 4.90 Å². The molecule has 0 N–H and O–H groups in total. The molecule has 1 aliphatic heterocycles. The number of hydrogen-bond donors (Lipinski definition) is 0. The van der Waals surface area contributed by atoms with Gasteiger partial charge in [0.2, 0.25) is 0 Å². The number of nitrogens with zero attached hydrogens (tertiary/aromatic N) is 3. The summed E-state index contributed by atoms with van der Waals surface area (Å²) < 4.78 is 0. The fourth-order valence-electron chi connectivity index (χ4n) is 1.38. The molecule has 0 saturated carbocycles. The molecule has 1 atom stereocenters. The predicted octanol–water partition coefficient (Wildman–Crippen LogP) is 3.15. The van der Waals surface area contributed by atoms with Gasteiger partial charge in [-0.25, -0.2) is 4.98 Å². The molecule has 0 aliphatic carbocycles. The molecular weight excluding hydrogens is 218 g/mol. The SMILES string of the molecule is CC.CCN1C=C[C@H](C)N=C1c1nccs1. The Morgan fingerprint density at radius 3 is 2.75 bits per heavy atom. The van der Waals surface area contributed by atoms with Crippen LogP contribution in [0.4, 0.5) is 0 Å². The molecule has 0 saturated heterocycles. The molecule has 88 valence electrons. The number of rotatable bonds is 2. The first-order valence-corrected chi connectivity index (χ1v) is 6.62. The number of hydrogen-bond acceptors (Lipinski definition) is 4. The van der Waals surface area contributed by atoms with E-state index >= 15 is 0 Å². The molecule has 0 unspecified atom stereocenters. The van der Waals surface area contributed by atoms with Crippen LogP contribution in [0.2, 0.25) is 0 Å². The molecule has 3 nitrogen and oxygen atoms in total. The lowest BCUT2D eigenvalue weighted by Gasteiger charge is -2.23. The van der Waals surface area contributed by atoms with Gasteiger partial charge in [0, 0.05) is 24.3 Å². The van der Waals surface area contributed by atoms with Crippen LogP contribution in [-0.4, -0.2) is 28.3 Å². The molecule has 1 aliphatic rings. The Kier molecular flexibility index (Phi) is 5.19. The Bertz CT molecular complexity index is 354. The van der Waals surface area contributed by atoms with Crippen LogP contribution in [0.1, 0.15) is 32.7 Å². The van der Waals surface area contributed by atoms with Gasteiger partial charge in [-0.05, 0) is 19.9 Å². The summed E-state index contributed by atoms with van der Waals surface area (Å²) in [5, 5.41) is 2.98. The Balaban J connectivity index is 0.000000606. The second kappa shape index (κ2) is 6.43. The third-order valence-corrected chi connectivity index (χ3v) is 2.88. The maximum atomic E-state index is 4.58. The standard InChI is InChI=1S/C10H13N3S.C2H6/c1-3-13-6-4-8(2)12-9(13)10-11-5-7-14-10;1-2/h4-8H,3H2,1-2H3;1-2H3/t8-;/m0./s1. The van der Waals surface area contributed by atoms with Crippen molar-refractivity contribution >= 4 is 17.2 Å². The third-order valence-electron chi connectivity index (χ3n) is 2.11. The highest BCUT2D eigenvalue weighted by molar-refractivity contribution is 7.11. The summed E-state index contributed by atoms with van der Waals surface area (Å²) >= 11 is 1.63. The lowest BCUT2D eigenvalue weighted by molar-refractivity contribution is 0.566. The molecule has 1 aromatic heterocycles. The number of thiazole rings is 1. The summed E-state index contributed by atoms with van der Waals surface area (Å²) in [6.45, 7) is 9.13. The van der Waals surface area contributed by atoms with Gasteiger partial charge in [0.1, 0.15) is 0 Å². The summed E-state index contributed by atoms with van der Waals surface area (Å²) in [5.41, 5.74) is 0. The van der Waals surface area contributed by atoms with Crippen LogP contribution in [0.5, 0.6) is 0 Å². The highest BCUT2D eigenvalue weighted by Crippen LogP contribution is 2.15. The Morgan fingerprint density at radius 2 is 2.19 bits per heavy atom. The Hall–Kier alpha value is -1.16. The minimum atomic E-state index is 0.261. The topological polar surface area (TPSA) is 28.5 Å². The van der Waals surface area contributed by atoms with Crippen molar-refractivity contribution in [2.45, 2.75) is 33.7 Å². The van der Waals surface area contributed by atoms with Crippen molar-refractivity contribution in [3.8, 4) is 0 Å². The average Bonchev–Trinajstić information content (AvgIpc) is 2.85. The van der Waals surface area contributed by atoms with Crippen LogP contribution in [0.25, 0.3) is 0 Å². The molecule has 0 amide bonds. The quantitative estimate of drug-likeness (QED) is 0.790. The second-order valence-corrected chi connectivity index (χ2v) is 4.05. The van der Waals surface area contributed by atoms with E-state index in [1.54, 1.807) is 11.3 Å². The molecule has 16 heavy (non-hydrogen) atoms. The van der Waals surface area contributed by atoms with Crippen molar-refractivity contribution in [1.29, 1.82) is 0 Å². The van der Waals surface area contributed by atoms with Crippen LogP contribution < -0.4 is 0 Å². The van der Waals surface area contributed by atoms with E-state index < -0.39 is 0 Å². The van der Waals surface area contributed by atoms with Crippen LogP contribution in [0.3, 0.4) is 0 Å². The van der Waals surface area contributed by atoms with E-state index in [-0.39, 0.29) is 6.04 Å². The largest absolute Gasteiger partial charge is 0.331 e. The molecule has 0 fully saturated rings. The van der Waals surface area contributed by atoms with E-state index in [0.29, 0.717) is 0 Å². The first-order valence-electron chi connectivity index (χ1n) is 5.74. The van der Waals surface area contributed by atoms with Crippen molar-refractivity contribution in [3.05, 3.63) is 28.9 Å². The monoisotopic (exact) mass is 237 g/mol. The van der Waals surface area contributed by atoms with Crippen LogP contribution in [-0.2, 0) is 0 Å². The van der Waals surface area contributed by atoms with Crippen molar-refractivity contribution in [3.63, 3.8) is 0 Å². The summed E-state index contributed by atoms with van der Waals surface area (Å²) in [4.78, 5) is 11.0. The van der Waals surface area contributed by atoms with Gasteiger partial charge in [-0.2, -0.15) is 0 Å². The Morgan fingerprint density at radius 1 is 1.44 bits per heavy atom. The molecule has 0 radical (unpaired) electrons. The van der Waals surface area contributed by atoms with Gasteiger partial charge in [-0.3, -0.25) is 4.99 Å². The van der Waals surface area contributed by atoms with E-state index in [1.807, 2.05) is 25.4 Å². The van der Waals surface area contributed by atoms with Gasteiger partial charge in [0.05, 0.1) is 6.04 Å². The maximum absolute atomic E-state index is 4.58. The lowest BCUT2D eigenvalue weighted by Crippen LogP contribution is -2.30. The number of aliphatic imine (C=N–C) groups is 1. The maximum Gasteiger partial charge on any atom is 0.165 e. The second-order valence-electron chi connectivity index (χ2n) is 3.16. The minimum Gasteiger partial charge on any atom is -0.331 e. The van der Waals surface area contributed by atoms with Crippen molar-refractivity contribution in [1.82, 2.24) is 9.88 Å². The molecule has 0 bridgehead atoms. The zero-order valence-electron chi connectivity index (χ0n) is 10.3. The van der Waals surface area contributed by atoms with Crippen LogP contribution >= 0.6 is 11.3 Å². The molecular formula is C12H19N3S. The van der Waals surface area contributed by atoms with Crippen LogP contribution in [0, 0.1) is 0 Å². The average molecular weight is 237 g/mol. The van der Waals surface area contributed by atoms with E-state index in [4.69, 9.17) is 0 Å². The van der Waals surface area contributed by atoms with Gasteiger partial charge in [-0.1, -0.05) is 13.8 Å². The highest BCUT2D eigenvalue weighted by Gasteiger charge is 2.16. The van der Waals surface area contributed by atoms with Crippen molar-refractivity contribution < 1.29 is 0 Å². The van der Waals surface area contributed by atoms with Gasteiger partial charge >= 0.3 is 0 Å². The van der Waals surface area contributed by atoms with Gasteiger partial charge in [-0.15, -0.1) is 11.3 Å². The number of amidine groups is 1. The van der Waals surface area contributed by atoms with Crippen molar-refractivity contribution in [2.24, 2.45) is 4.99 Å². The van der Waals surface area contributed by atoms with E-state index in [1.165, 1.54) is 0 Å². The first kappa shape index (κ1) is 12.9. The van der Waals surface area contributed by atoms with Gasteiger partial charge in [0.25, 0.3) is 0 Å². The van der Waals surface area contributed by atoms with Crippen LogP contribution in [0.15, 0.2) is 28.8 Å². The summed E-state index contributed by atoms with van der Waals surface area (Å²) in [5.74, 6) is 0.998. The zero-order valence-corrected chi connectivity index (χ0v) is 11.2. The smallest absolute Gasteiger partial charge is 0.165 e. The van der Waals surface area contributed by atoms with E-state index in [0.717, 1.165) is 17.4 Å². The lowest BCUT2D eigenvalue weighted by atomic mass is 10.3. The Labute approximate surface area is 102 Å². The molecule has 2 rings (SSSR count). The highest BCUT2D eigenvalue weighted by atomic mass is 32.1. The minimum absolute atomic E-state index is 0.261. The molecule has 1 aromatic rings. The number of aromatic nitrogens is 1. The summed E-state index contributed by atoms with van der Waals surface area (Å²) in [7, 11) is 0. The fraction of sp³-hybridized carbons (Fsp3) is 0.500. The fourth-order valence-corrected chi connectivity index (χ4v) is 2.02. The van der Waals surface area contributed by atoms with Gasteiger partial charge in [0.15, 0.2) is 10.8 Å². The molecule has 2 heterocycles. The molecule has 0 aromatic carbocycles. The zero-order chi connectivity index (χ0) is 12.0. The first-order chi connectivity index (χ1) is 7.81. The third kappa shape index (κ3) is 2.92. The molecule has 4 heteroatoms. The molecule has 0 spiro atoms. The van der Waals surface area contributed by atoms with E-state index in [2.05, 4.69) is 41.0 Å². The predicted molar refractivity (Wildman–Crippen MR) is 71.0 cm³/mol. The summed E-state index contributed by atoms with van der Waals surface area (Å²) in [6.07, 6.45) is 6.01. The van der Waals surface area contributed by atoms with E-state index in [9.17, 15) is 0 Å². The summed E-state index contributed by atoms with van der Waals surface area (Å²) in [6, 6.07) is 0.261.